The van der Waals surface area contributed by atoms with Crippen molar-refractivity contribution in [3.05, 3.63) is 92.9 Å². The fourth-order valence-corrected chi connectivity index (χ4v) is 6.37. The van der Waals surface area contributed by atoms with Crippen LogP contribution >= 0.6 is 46.6 Å². The summed E-state index contributed by atoms with van der Waals surface area (Å²) < 4.78 is 1.58. The molecule has 5 nitrogen and oxygen atoms in total. The molecule has 0 bridgehead atoms. The van der Waals surface area contributed by atoms with E-state index in [0.717, 1.165) is 5.52 Å². The fraction of sp³-hybridized carbons (Fsp3) is 0.0870. The SMILES string of the molecule is O=C1n2c(nc3ccccc32)S[C@@]12ON=C(c1c(Cl)cccc1Cl)[C@@H]2c1ccccc1Cl. The van der Waals surface area contributed by atoms with E-state index >= 15 is 0 Å². The molecule has 0 saturated heterocycles. The van der Waals surface area contributed by atoms with Gasteiger partial charge >= 0.3 is 0 Å². The zero-order valence-electron chi connectivity index (χ0n) is 16.1. The molecule has 1 aromatic heterocycles. The van der Waals surface area contributed by atoms with E-state index < -0.39 is 10.9 Å². The summed E-state index contributed by atoms with van der Waals surface area (Å²) in [7, 11) is 0. The van der Waals surface area contributed by atoms with E-state index in [2.05, 4.69) is 10.1 Å². The second-order valence-electron chi connectivity index (χ2n) is 7.41. The third-order valence-corrected chi connectivity index (χ3v) is 7.86. The first kappa shape index (κ1) is 20.1. The quantitative estimate of drug-likeness (QED) is 0.309. The number of carbonyl (C=O) groups is 1. The van der Waals surface area contributed by atoms with Crippen LogP contribution < -0.4 is 0 Å². The largest absolute Gasteiger partial charge is 0.366 e. The number of oxime groups is 1. The van der Waals surface area contributed by atoms with Gasteiger partial charge in [-0.2, -0.15) is 0 Å². The molecule has 0 aliphatic carbocycles. The Labute approximate surface area is 201 Å². The van der Waals surface area contributed by atoms with E-state index in [9.17, 15) is 4.79 Å². The van der Waals surface area contributed by atoms with Crippen LogP contribution in [0.3, 0.4) is 0 Å². The number of hydrogen-bond acceptors (Lipinski definition) is 5. The Morgan fingerprint density at radius 1 is 0.906 bits per heavy atom. The summed E-state index contributed by atoms with van der Waals surface area (Å²) in [5, 5.41) is 6.20. The van der Waals surface area contributed by atoms with E-state index in [1.807, 2.05) is 42.5 Å². The predicted octanol–water partition coefficient (Wildman–Crippen LogP) is 6.66. The first-order chi connectivity index (χ1) is 15.5. The number of fused-ring (bicyclic) bond motifs is 3. The lowest BCUT2D eigenvalue weighted by molar-refractivity contribution is 0.0318. The minimum absolute atomic E-state index is 0.280. The van der Waals surface area contributed by atoms with Crippen LogP contribution in [-0.4, -0.2) is 26.1 Å². The predicted molar refractivity (Wildman–Crippen MR) is 127 cm³/mol. The number of para-hydroxylation sites is 2. The molecule has 0 unspecified atom stereocenters. The van der Waals surface area contributed by atoms with Crippen LogP contribution in [-0.2, 0) is 4.84 Å². The van der Waals surface area contributed by atoms with Crippen molar-refractivity contribution in [1.29, 1.82) is 0 Å². The second kappa shape index (κ2) is 7.25. The molecule has 3 heterocycles. The van der Waals surface area contributed by atoms with Gasteiger partial charge in [0.05, 0.1) is 27.0 Å². The van der Waals surface area contributed by atoms with Gasteiger partial charge in [0.1, 0.15) is 5.71 Å². The molecule has 0 radical (unpaired) electrons. The van der Waals surface area contributed by atoms with Gasteiger partial charge in [0.25, 0.3) is 10.8 Å². The highest BCUT2D eigenvalue weighted by Crippen LogP contribution is 2.56. The maximum absolute atomic E-state index is 13.9. The molecule has 0 saturated carbocycles. The van der Waals surface area contributed by atoms with Crippen molar-refractivity contribution in [3.8, 4) is 0 Å². The number of nitrogens with zero attached hydrogens (tertiary/aromatic N) is 3. The average molecular weight is 501 g/mol. The monoisotopic (exact) mass is 499 g/mol. The molecular weight excluding hydrogens is 489 g/mol. The summed E-state index contributed by atoms with van der Waals surface area (Å²) in [6.45, 7) is 0. The van der Waals surface area contributed by atoms with Gasteiger partial charge in [0.15, 0.2) is 5.16 Å². The summed E-state index contributed by atoms with van der Waals surface area (Å²) in [5.74, 6) is -0.940. The molecule has 9 heteroatoms. The van der Waals surface area contributed by atoms with Gasteiger partial charge < -0.3 is 4.84 Å². The molecule has 1 spiro atoms. The van der Waals surface area contributed by atoms with E-state index in [-0.39, 0.29) is 5.91 Å². The molecule has 32 heavy (non-hydrogen) atoms. The Kier molecular flexibility index (Phi) is 4.56. The van der Waals surface area contributed by atoms with Gasteiger partial charge in [-0.25, -0.2) is 4.98 Å². The number of halogens is 3. The molecule has 158 valence electrons. The van der Waals surface area contributed by atoms with Gasteiger partial charge in [0, 0.05) is 10.6 Å². The Bertz CT molecular complexity index is 1450. The van der Waals surface area contributed by atoms with Gasteiger partial charge in [-0.05, 0) is 47.7 Å². The van der Waals surface area contributed by atoms with Crippen molar-refractivity contribution < 1.29 is 9.63 Å². The first-order valence-electron chi connectivity index (χ1n) is 9.67. The molecule has 3 aromatic carbocycles. The lowest BCUT2D eigenvalue weighted by Gasteiger charge is -2.27. The minimum atomic E-state index is -1.42. The van der Waals surface area contributed by atoms with Crippen molar-refractivity contribution in [3.63, 3.8) is 0 Å². The Morgan fingerprint density at radius 3 is 2.38 bits per heavy atom. The van der Waals surface area contributed by atoms with Crippen LogP contribution in [0.1, 0.15) is 21.8 Å². The van der Waals surface area contributed by atoms with Crippen molar-refractivity contribution in [2.75, 3.05) is 0 Å². The highest BCUT2D eigenvalue weighted by Gasteiger charge is 2.63. The minimum Gasteiger partial charge on any atom is -0.366 e. The number of imidazole rings is 1. The maximum atomic E-state index is 13.9. The number of aromatic nitrogens is 2. The topological polar surface area (TPSA) is 56.5 Å². The highest BCUT2D eigenvalue weighted by molar-refractivity contribution is 8.01. The van der Waals surface area contributed by atoms with E-state index in [4.69, 9.17) is 39.6 Å². The van der Waals surface area contributed by atoms with Crippen molar-refractivity contribution in [2.24, 2.45) is 5.16 Å². The number of thioether (sulfide) groups is 1. The Morgan fingerprint density at radius 2 is 1.59 bits per heavy atom. The van der Waals surface area contributed by atoms with Crippen LogP contribution in [0.5, 0.6) is 0 Å². The van der Waals surface area contributed by atoms with Crippen LogP contribution in [0, 0.1) is 0 Å². The van der Waals surface area contributed by atoms with Gasteiger partial charge in [-0.15, -0.1) is 0 Å². The third-order valence-electron chi connectivity index (χ3n) is 5.64. The number of carbonyl (C=O) groups excluding carboxylic acids is 1. The molecule has 6 rings (SSSR count). The maximum Gasteiger partial charge on any atom is 0.292 e. The molecule has 0 N–H and O–H groups in total. The average Bonchev–Trinajstić information content (AvgIpc) is 3.41. The van der Waals surface area contributed by atoms with Gasteiger partial charge in [-0.3, -0.25) is 9.36 Å². The molecule has 2 aliphatic heterocycles. The summed E-state index contributed by atoms with van der Waals surface area (Å²) in [5.41, 5.74) is 3.10. The zero-order valence-corrected chi connectivity index (χ0v) is 19.2. The molecular formula is C23H12Cl3N3O2S. The highest BCUT2D eigenvalue weighted by atomic mass is 35.5. The van der Waals surface area contributed by atoms with Crippen LogP contribution in [0.25, 0.3) is 11.0 Å². The lowest BCUT2D eigenvalue weighted by atomic mass is 9.85. The second-order valence-corrected chi connectivity index (χ2v) is 9.81. The van der Waals surface area contributed by atoms with E-state index in [1.54, 1.807) is 28.8 Å². The summed E-state index contributed by atoms with van der Waals surface area (Å²) in [4.78, 5) is 23.1. The zero-order chi connectivity index (χ0) is 22.0. The van der Waals surface area contributed by atoms with Crippen molar-refractivity contribution in [1.82, 2.24) is 9.55 Å². The smallest absolute Gasteiger partial charge is 0.292 e. The van der Waals surface area contributed by atoms with E-state index in [0.29, 0.717) is 42.6 Å². The van der Waals surface area contributed by atoms with Crippen LogP contribution in [0.2, 0.25) is 15.1 Å². The summed E-state index contributed by atoms with van der Waals surface area (Å²) >= 11 is 20.9. The summed E-state index contributed by atoms with van der Waals surface area (Å²) in [6, 6.07) is 20.0. The molecule has 2 aliphatic rings. The van der Waals surface area contributed by atoms with Crippen molar-refractivity contribution in [2.45, 2.75) is 16.0 Å². The molecule has 0 amide bonds. The Hall–Kier alpha value is -2.51. The number of benzene rings is 3. The summed E-state index contributed by atoms with van der Waals surface area (Å²) in [6.07, 6.45) is 0. The third kappa shape index (κ3) is 2.70. The van der Waals surface area contributed by atoms with E-state index in [1.165, 1.54) is 11.8 Å². The fourth-order valence-electron chi connectivity index (χ4n) is 4.24. The Balaban J connectivity index is 1.57. The number of rotatable bonds is 2. The molecule has 4 aromatic rings. The normalized spacial score (nSPS) is 21.8. The standard InChI is InChI=1S/C23H12Cl3N3O2S/c24-13-7-2-1-6-12(13)19-20(18-14(25)8-5-9-15(18)26)28-31-23(19)21(30)29-17-11-4-3-10-16(17)27-22(29)32-23/h1-11,19H/t19-,23+/m0/s1. The first-order valence-corrected chi connectivity index (χ1v) is 11.6. The van der Waals surface area contributed by atoms with Crippen LogP contribution in [0.4, 0.5) is 0 Å². The lowest BCUT2D eigenvalue weighted by Crippen LogP contribution is -2.41. The van der Waals surface area contributed by atoms with Gasteiger partial charge in [0.2, 0.25) is 0 Å². The van der Waals surface area contributed by atoms with Crippen molar-refractivity contribution >= 4 is 69.2 Å². The van der Waals surface area contributed by atoms with Gasteiger partial charge in [-0.1, -0.05) is 76.4 Å². The number of hydrogen-bond donors (Lipinski definition) is 0. The molecule has 0 fully saturated rings. The molecule has 2 atom stereocenters. The van der Waals surface area contributed by atoms with Crippen LogP contribution in [0.15, 0.2) is 77.0 Å².